The highest BCUT2D eigenvalue weighted by Gasteiger charge is 2.13. The van der Waals surface area contributed by atoms with E-state index in [0.29, 0.717) is 0 Å². The van der Waals surface area contributed by atoms with Gasteiger partial charge in [0.1, 0.15) is 6.20 Å². The Morgan fingerprint density at radius 1 is 1.36 bits per heavy atom. The molecule has 1 aliphatic rings. The van der Waals surface area contributed by atoms with Gasteiger partial charge in [-0.15, -0.1) is 0 Å². The third-order valence-corrected chi connectivity index (χ3v) is 1.68. The van der Waals surface area contributed by atoms with E-state index >= 15 is 0 Å². The van der Waals surface area contributed by atoms with E-state index in [-0.39, 0.29) is 0 Å². The Morgan fingerprint density at radius 2 is 2.18 bits per heavy atom. The summed E-state index contributed by atoms with van der Waals surface area (Å²) < 4.78 is 9.66. The van der Waals surface area contributed by atoms with Crippen LogP contribution in [0.3, 0.4) is 0 Å². The zero-order valence-corrected chi connectivity index (χ0v) is 6.06. The fourth-order valence-electron chi connectivity index (χ4n) is 1.09. The summed E-state index contributed by atoms with van der Waals surface area (Å²) >= 11 is 0. The van der Waals surface area contributed by atoms with Crippen LogP contribution in [0.2, 0.25) is 0 Å². The number of morpholine rings is 1. The molecule has 2 heterocycles. The lowest BCUT2D eigenvalue weighted by molar-refractivity contribution is 0.122. The molecular formula is C6H9N3O2. The molecule has 2 rings (SSSR count). The molecule has 60 valence electrons. The van der Waals surface area contributed by atoms with Crippen molar-refractivity contribution in [2.75, 3.05) is 31.2 Å². The first-order chi connectivity index (χ1) is 5.47. The van der Waals surface area contributed by atoms with Crippen LogP contribution in [0.5, 0.6) is 0 Å². The van der Waals surface area contributed by atoms with Crippen molar-refractivity contribution < 1.29 is 9.37 Å². The molecular weight excluding hydrogens is 146 g/mol. The van der Waals surface area contributed by atoms with E-state index in [4.69, 9.17) is 4.74 Å². The van der Waals surface area contributed by atoms with Crippen molar-refractivity contribution in [1.29, 1.82) is 0 Å². The number of nitrogens with zero attached hydrogens (tertiary/aromatic N) is 3. The topological polar surface area (TPSA) is 51.4 Å². The average molecular weight is 155 g/mol. The summed E-state index contributed by atoms with van der Waals surface area (Å²) in [6, 6.07) is 0. The van der Waals surface area contributed by atoms with Gasteiger partial charge in [0.15, 0.2) is 5.82 Å². The first-order valence-corrected chi connectivity index (χ1v) is 3.57. The van der Waals surface area contributed by atoms with Crippen LogP contribution in [0.4, 0.5) is 5.82 Å². The molecule has 0 spiro atoms. The second-order valence-electron chi connectivity index (χ2n) is 2.37. The molecule has 5 heteroatoms. The van der Waals surface area contributed by atoms with Crippen molar-refractivity contribution >= 4 is 5.82 Å². The second kappa shape index (κ2) is 2.87. The second-order valence-corrected chi connectivity index (χ2v) is 2.37. The molecule has 0 N–H and O–H groups in total. The van der Waals surface area contributed by atoms with Gasteiger partial charge in [-0.05, 0) is 5.16 Å². The van der Waals surface area contributed by atoms with Crippen LogP contribution in [-0.4, -0.2) is 36.6 Å². The smallest absolute Gasteiger partial charge is 0.193 e. The van der Waals surface area contributed by atoms with E-state index in [2.05, 4.69) is 19.8 Å². The van der Waals surface area contributed by atoms with E-state index in [0.717, 1.165) is 32.1 Å². The lowest BCUT2D eigenvalue weighted by atomic mass is 10.4. The first-order valence-electron chi connectivity index (χ1n) is 3.57. The molecule has 11 heavy (non-hydrogen) atoms. The van der Waals surface area contributed by atoms with E-state index < -0.39 is 0 Å². The number of hydrogen-bond donors (Lipinski definition) is 0. The van der Waals surface area contributed by atoms with Crippen molar-refractivity contribution in [2.24, 2.45) is 0 Å². The normalized spacial score (nSPS) is 18.7. The summed E-state index contributed by atoms with van der Waals surface area (Å²) in [5.74, 6) is 0.799. The molecule has 0 amide bonds. The standard InChI is InChI=1S/C6H9N3O2/c1-3-10-4-2-9(1)6-5-7-11-8-6/h5H,1-4H2. The number of aromatic nitrogens is 2. The molecule has 0 aromatic carbocycles. The van der Waals surface area contributed by atoms with Crippen LogP contribution in [0.25, 0.3) is 0 Å². The van der Waals surface area contributed by atoms with Gasteiger partial charge in [-0.25, -0.2) is 4.63 Å². The van der Waals surface area contributed by atoms with Crippen molar-refractivity contribution in [1.82, 2.24) is 10.3 Å². The summed E-state index contributed by atoms with van der Waals surface area (Å²) in [6.07, 6.45) is 1.62. The molecule has 0 radical (unpaired) electrons. The Kier molecular flexibility index (Phi) is 1.72. The quantitative estimate of drug-likeness (QED) is 0.567. The van der Waals surface area contributed by atoms with Crippen molar-refractivity contribution in [3.05, 3.63) is 6.20 Å². The minimum atomic E-state index is 0.757. The van der Waals surface area contributed by atoms with Crippen LogP contribution in [-0.2, 0) is 4.74 Å². The number of rotatable bonds is 1. The molecule has 1 fully saturated rings. The number of anilines is 1. The van der Waals surface area contributed by atoms with Gasteiger partial charge >= 0.3 is 0 Å². The molecule has 0 bridgehead atoms. The van der Waals surface area contributed by atoms with E-state index in [1.54, 1.807) is 6.20 Å². The van der Waals surface area contributed by atoms with E-state index in [1.807, 2.05) is 0 Å². The maximum atomic E-state index is 5.18. The largest absolute Gasteiger partial charge is 0.378 e. The molecule has 5 nitrogen and oxygen atoms in total. The molecule has 1 aromatic heterocycles. The monoisotopic (exact) mass is 155 g/mol. The highest BCUT2D eigenvalue weighted by molar-refractivity contribution is 5.33. The van der Waals surface area contributed by atoms with Crippen LogP contribution < -0.4 is 4.90 Å². The lowest BCUT2D eigenvalue weighted by Gasteiger charge is -2.25. The Bertz CT molecular complexity index is 206. The predicted octanol–water partition coefficient (Wildman–Crippen LogP) is -0.0938. The predicted molar refractivity (Wildman–Crippen MR) is 37.3 cm³/mol. The zero-order valence-electron chi connectivity index (χ0n) is 6.06. The lowest BCUT2D eigenvalue weighted by Crippen LogP contribution is -2.36. The molecule has 1 aromatic rings. The summed E-state index contributed by atoms with van der Waals surface area (Å²) in [7, 11) is 0. The van der Waals surface area contributed by atoms with E-state index in [9.17, 15) is 0 Å². The van der Waals surface area contributed by atoms with Gasteiger partial charge in [0.05, 0.1) is 13.2 Å². The zero-order chi connectivity index (χ0) is 7.52. The molecule has 0 atom stereocenters. The number of ether oxygens (including phenoxy) is 1. The van der Waals surface area contributed by atoms with Gasteiger partial charge < -0.3 is 9.64 Å². The molecule has 0 saturated carbocycles. The Hall–Kier alpha value is -1.10. The Labute approximate surface area is 63.9 Å². The Morgan fingerprint density at radius 3 is 2.82 bits per heavy atom. The summed E-state index contributed by atoms with van der Waals surface area (Å²) in [5.41, 5.74) is 0. The van der Waals surface area contributed by atoms with Crippen LogP contribution in [0.1, 0.15) is 0 Å². The highest BCUT2D eigenvalue weighted by Crippen LogP contribution is 2.09. The Balaban J connectivity index is 2.04. The molecule has 0 aliphatic carbocycles. The summed E-state index contributed by atoms with van der Waals surface area (Å²) in [5, 5.41) is 7.25. The number of hydrogen-bond acceptors (Lipinski definition) is 5. The minimum Gasteiger partial charge on any atom is -0.378 e. The van der Waals surface area contributed by atoms with Crippen LogP contribution in [0.15, 0.2) is 10.8 Å². The van der Waals surface area contributed by atoms with Gasteiger partial charge in [0.25, 0.3) is 0 Å². The third-order valence-electron chi connectivity index (χ3n) is 1.68. The highest BCUT2D eigenvalue weighted by atomic mass is 16.6. The maximum Gasteiger partial charge on any atom is 0.193 e. The van der Waals surface area contributed by atoms with Gasteiger partial charge in [-0.2, -0.15) is 0 Å². The van der Waals surface area contributed by atoms with Gasteiger partial charge in [0, 0.05) is 13.1 Å². The summed E-state index contributed by atoms with van der Waals surface area (Å²) in [4.78, 5) is 2.08. The fourth-order valence-corrected chi connectivity index (χ4v) is 1.09. The van der Waals surface area contributed by atoms with Crippen molar-refractivity contribution in [3.8, 4) is 0 Å². The fraction of sp³-hybridized carbons (Fsp3) is 0.667. The minimum absolute atomic E-state index is 0.757. The van der Waals surface area contributed by atoms with Crippen molar-refractivity contribution in [2.45, 2.75) is 0 Å². The van der Waals surface area contributed by atoms with Crippen LogP contribution >= 0.6 is 0 Å². The first kappa shape index (κ1) is 6.60. The molecule has 1 aliphatic heterocycles. The SMILES string of the molecule is c1nonc1N1CCOCC1. The molecule has 0 unspecified atom stereocenters. The van der Waals surface area contributed by atoms with Gasteiger partial charge in [0.2, 0.25) is 0 Å². The average Bonchev–Trinajstić information content (AvgIpc) is 2.58. The van der Waals surface area contributed by atoms with Gasteiger partial charge in [-0.3, -0.25) is 0 Å². The van der Waals surface area contributed by atoms with Crippen molar-refractivity contribution in [3.63, 3.8) is 0 Å². The maximum absolute atomic E-state index is 5.18. The van der Waals surface area contributed by atoms with Gasteiger partial charge in [-0.1, -0.05) is 5.16 Å². The third kappa shape index (κ3) is 1.32. The summed E-state index contributed by atoms with van der Waals surface area (Å²) in [6.45, 7) is 3.25. The molecule has 1 saturated heterocycles. The van der Waals surface area contributed by atoms with E-state index in [1.165, 1.54) is 0 Å². The van der Waals surface area contributed by atoms with Crippen LogP contribution in [0, 0.1) is 0 Å².